The molecule has 0 fully saturated rings. The van der Waals surface area contributed by atoms with E-state index in [1.165, 1.54) is 12.1 Å². The van der Waals surface area contributed by atoms with Gasteiger partial charge in [-0.2, -0.15) is 0 Å². The Morgan fingerprint density at radius 2 is 1.50 bits per heavy atom. The van der Waals surface area contributed by atoms with Crippen molar-refractivity contribution in [2.75, 3.05) is 5.32 Å². The van der Waals surface area contributed by atoms with Crippen LogP contribution in [-0.2, 0) is 9.05 Å². The summed E-state index contributed by atoms with van der Waals surface area (Å²) in [5.41, 5.74) is 0.803. The molecule has 24 heavy (non-hydrogen) atoms. The number of amides is 1. The topological polar surface area (TPSA) is 63.2 Å². The summed E-state index contributed by atoms with van der Waals surface area (Å²) in [5.74, 6) is -0.382. The maximum absolute atomic E-state index is 12.4. The monoisotopic (exact) mass is 379 g/mol. The zero-order valence-electron chi connectivity index (χ0n) is 12.2. The van der Waals surface area contributed by atoms with Crippen LogP contribution >= 0.6 is 22.3 Å². The van der Waals surface area contributed by atoms with Crippen molar-refractivity contribution in [3.8, 4) is 0 Å². The van der Waals surface area contributed by atoms with E-state index >= 15 is 0 Å². The number of benzene rings is 3. The second-order valence-electron chi connectivity index (χ2n) is 5.03. The number of halogens is 2. The number of carbonyl (C=O) groups excluding carboxylic acids is 1. The van der Waals surface area contributed by atoms with E-state index in [2.05, 4.69) is 5.32 Å². The predicted octanol–water partition coefficient (Wildman–Crippen LogP) is 4.67. The third-order valence-corrected chi connectivity index (χ3v) is 5.22. The molecule has 0 saturated carbocycles. The van der Waals surface area contributed by atoms with E-state index in [0.717, 1.165) is 0 Å². The Labute approximate surface area is 148 Å². The van der Waals surface area contributed by atoms with Gasteiger partial charge in [-0.05, 0) is 24.3 Å². The minimum absolute atomic E-state index is 0.00416. The zero-order valence-corrected chi connectivity index (χ0v) is 14.5. The Bertz CT molecular complexity index is 1050. The normalized spacial score (nSPS) is 11.4. The Balaban J connectivity index is 2.09. The molecule has 0 aliphatic carbocycles. The summed E-state index contributed by atoms with van der Waals surface area (Å²) >= 11 is 6.03. The van der Waals surface area contributed by atoms with Crippen molar-refractivity contribution in [2.24, 2.45) is 0 Å². The van der Waals surface area contributed by atoms with Gasteiger partial charge in [-0.1, -0.05) is 48.0 Å². The van der Waals surface area contributed by atoms with E-state index in [4.69, 9.17) is 22.3 Å². The lowest BCUT2D eigenvalue weighted by Gasteiger charge is -2.11. The van der Waals surface area contributed by atoms with Gasteiger partial charge in [-0.25, -0.2) is 8.42 Å². The fourth-order valence-corrected chi connectivity index (χ4v) is 3.72. The van der Waals surface area contributed by atoms with Crippen LogP contribution in [0.4, 0.5) is 5.69 Å². The van der Waals surface area contributed by atoms with Crippen molar-refractivity contribution in [3.05, 3.63) is 71.2 Å². The lowest BCUT2D eigenvalue weighted by atomic mass is 10.1. The first-order valence-electron chi connectivity index (χ1n) is 6.90. The molecule has 0 radical (unpaired) electrons. The van der Waals surface area contributed by atoms with Crippen LogP contribution in [0.15, 0.2) is 65.6 Å². The van der Waals surface area contributed by atoms with E-state index in [1.807, 2.05) is 0 Å². The van der Waals surface area contributed by atoms with E-state index in [9.17, 15) is 13.2 Å². The van der Waals surface area contributed by atoms with E-state index < -0.39 is 9.05 Å². The second kappa shape index (κ2) is 6.43. The van der Waals surface area contributed by atoms with E-state index in [1.54, 1.807) is 48.5 Å². The number of rotatable bonds is 3. The first-order chi connectivity index (χ1) is 11.4. The molecule has 1 amide bonds. The zero-order chi connectivity index (χ0) is 17.3. The van der Waals surface area contributed by atoms with Gasteiger partial charge in [0, 0.05) is 27.1 Å². The van der Waals surface area contributed by atoms with Gasteiger partial charge in [-0.15, -0.1) is 0 Å². The van der Waals surface area contributed by atoms with Gasteiger partial charge in [-0.3, -0.25) is 4.79 Å². The summed E-state index contributed by atoms with van der Waals surface area (Å²) < 4.78 is 23.4. The molecule has 7 heteroatoms. The fraction of sp³-hybridized carbons (Fsp3) is 0. The van der Waals surface area contributed by atoms with Crippen molar-refractivity contribution < 1.29 is 13.2 Å². The lowest BCUT2D eigenvalue weighted by molar-refractivity contribution is 0.102. The molecule has 3 rings (SSSR count). The average Bonchev–Trinajstić information content (AvgIpc) is 2.54. The van der Waals surface area contributed by atoms with Crippen LogP contribution in [0.1, 0.15) is 10.4 Å². The van der Waals surface area contributed by atoms with Gasteiger partial charge in [0.25, 0.3) is 15.0 Å². The van der Waals surface area contributed by atoms with Crippen molar-refractivity contribution in [1.82, 2.24) is 0 Å². The number of anilines is 1. The van der Waals surface area contributed by atoms with Crippen molar-refractivity contribution in [2.45, 2.75) is 4.90 Å². The molecule has 0 aliphatic rings. The molecule has 0 unspecified atom stereocenters. The highest BCUT2D eigenvalue weighted by Gasteiger charge is 2.17. The third-order valence-electron chi connectivity index (χ3n) is 3.51. The molecule has 0 bridgehead atoms. The molecule has 3 aromatic carbocycles. The standard InChI is InChI=1S/C17H11Cl2NO3S/c18-14-8-4-3-7-13(14)17(21)20-15-9-10-16(24(19,22)23)12-6-2-1-5-11(12)15/h1-10H,(H,20,21). The molecule has 0 heterocycles. The van der Waals surface area contributed by atoms with Gasteiger partial charge in [0.05, 0.1) is 15.5 Å². The molecular weight excluding hydrogens is 369 g/mol. The van der Waals surface area contributed by atoms with E-state index in [0.29, 0.717) is 27.0 Å². The minimum atomic E-state index is -3.90. The highest BCUT2D eigenvalue weighted by Crippen LogP contribution is 2.31. The highest BCUT2D eigenvalue weighted by molar-refractivity contribution is 8.14. The van der Waals surface area contributed by atoms with E-state index in [-0.39, 0.29) is 10.8 Å². The number of fused-ring (bicyclic) bond motifs is 1. The molecule has 0 saturated heterocycles. The molecule has 122 valence electrons. The van der Waals surface area contributed by atoms with Crippen LogP contribution in [0.5, 0.6) is 0 Å². The van der Waals surface area contributed by atoms with Crippen LogP contribution < -0.4 is 5.32 Å². The molecule has 0 aliphatic heterocycles. The van der Waals surface area contributed by atoms with Gasteiger partial charge in [0.1, 0.15) is 0 Å². The van der Waals surface area contributed by atoms with Crippen molar-refractivity contribution in [3.63, 3.8) is 0 Å². The maximum atomic E-state index is 12.4. The maximum Gasteiger partial charge on any atom is 0.261 e. The van der Waals surface area contributed by atoms with Crippen molar-refractivity contribution in [1.29, 1.82) is 0 Å². The van der Waals surface area contributed by atoms with Gasteiger partial charge < -0.3 is 5.32 Å². The van der Waals surface area contributed by atoms with Gasteiger partial charge >= 0.3 is 0 Å². The Hall–Kier alpha value is -2.08. The number of hydrogen-bond acceptors (Lipinski definition) is 3. The summed E-state index contributed by atoms with van der Waals surface area (Å²) in [6.45, 7) is 0. The molecule has 4 nitrogen and oxygen atoms in total. The Morgan fingerprint density at radius 1 is 0.875 bits per heavy atom. The minimum Gasteiger partial charge on any atom is -0.321 e. The van der Waals surface area contributed by atoms with Crippen molar-refractivity contribution >= 4 is 53.7 Å². The number of carbonyl (C=O) groups is 1. The largest absolute Gasteiger partial charge is 0.321 e. The second-order valence-corrected chi connectivity index (χ2v) is 7.97. The summed E-state index contributed by atoms with van der Waals surface area (Å²) in [6, 6.07) is 16.3. The average molecular weight is 380 g/mol. The molecule has 3 aromatic rings. The number of nitrogens with one attached hydrogen (secondary N) is 1. The third kappa shape index (κ3) is 3.24. The molecule has 1 N–H and O–H groups in total. The summed E-state index contributed by atoms with van der Waals surface area (Å²) in [4.78, 5) is 12.4. The SMILES string of the molecule is O=C(Nc1ccc(S(=O)(=O)Cl)c2ccccc12)c1ccccc1Cl. The molecule has 0 spiro atoms. The van der Waals surface area contributed by atoms with Crippen LogP contribution in [0.2, 0.25) is 5.02 Å². The fourth-order valence-electron chi connectivity index (χ4n) is 2.43. The van der Waals surface area contributed by atoms with Crippen LogP contribution in [-0.4, -0.2) is 14.3 Å². The predicted molar refractivity (Wildman–Crippen MR) is 96.4 cm³/mol. The highest BCUT2D eigenvalue weighted by atomic mass is 35.7. The van der Waals surface area contributed by atoms with Gasteiger partial charge in [0.15, 0.2) is 0 Å². The first kappa shape index (κ1) is 16.8. The van der Waals surface area contributed by atoms with Gasteiger partial charge in [0.2, 0.25) is 0 Å². The Morgan fingerprint density at radius 3 is 2.17 bits per heavy atom. The lowest BCUT2D eigenvalue weighted by Crippen LogP contribution is -2.13. The Kier molecular flexibility index (Phi) is 4.49. The molecule has 0 atom stereocenters. The number of hydrogen-bond donors (Lipinski definition) is 1. The summed E-state index contributed by atoms with van der Waals surface area (Å²) in [6.07, 6.45) is 0. The summed E-state index contributed by atoms with van der Waals surface area (Å²) in [5, 5.41) is 4.10. The first-order valence-corrected chi connectivity index (χ1v) is 9.59. The van der Waals surface area contributed by atoms with Crippen LogP contribution in [0, 0.1) is 0 Å². The summed E-state index contributed by atoms with van der Waals surface area (Å²) in [7, 11) is 1.58. The molecular formula is C17H11Cl2NO3S. The quantitative estimate of drug-likeness (QED) is 0.672. The smallest absolute Gasteiger partial charge is 0.261 e. The molecule has 0 aromatic heterocycles. The van der Waals surface area contributed by atoms with Crippen LogP contribution in [0.25, 0.3) is 10.8 Å². The van der Waals surface area contributed by atoms with Crippen LogP contribution in [0.3, 0.4) is 0 Å².